The number of anilines is 1. The molecule has 1 heterocycles. The SMILES string of the molecule is O=C(NO)c1ccc(C(=O)N/N=C/C2CCc3ccccc3N2)cc1. The van der Waals surface area contributed by atoms with Gasteiger partial charge >= 0.3 is 0 Å². The van der Waals surface area contributed by atoms with E-state index in [9.17, 15) is 9.59 Å². The van der Waals surface area contributed by atoms with Gasteiger partial charge in [-0.25, -0.2) is 10.9 Å². The number of nitrogens with one attached hydrogen (secondary N) is 3. The monoisotopic (exact) mass is 338 g/mol. The third kappa shape index (κ3) is 4.02. The maximum Gasteiger partial charge on any atom is 0.274 e. The summed E-state index contributed by atoms with van der Waals surface area (Å²) in [6.07, 6.45) is 3.55. The van der Waals surface area contributed by atoms with E-state index in [4.69, 9.17) is 5.21 Å². The van der Waals surface area contributed by atoms with Crippen molar-refractivity contribution in [2.45, 2.75) is 18.9 Å². The number of rotatable bonds is 4. The van der Waals surface area contributed by atoms with Gasteiger partial charge in [0.2, 0.25) is 0 Å². The van der Waals surface area contributed by atoms with Gasteiger partial charge in [0.15, 0.2) is 0 Å². The van der Waals surface area contributed by atoms with Crippen LogP contribution in [0.5, 0.6) is 0 Å². The van der Waals surface area contributed by atoms with Crippen molar-refractivity contribution in [3.05, 3.63) is 65.2 Å². The summed E-state index contributed by atoms with van der Waals surface area (Å²) < 4.78 is 0. The zero-order valence-electron chi connectivity index (χ0n) is 13.4. The number of carbonyl (C=O) groups is 2. The molecular weight excluding hydrogens is 320 g/mol. The van der Waals surface area contributed by atoms with Crippen LogP contribution in [0.15, 0.2) is 53.6 Å². The van der Waals surface area contributed by atoms with Crippen molar-refractivity contribution < 1.29 is 14.8 Å². The molecule has 2 amide bonds. The van der Waals surface area contributed by atoms with Crippen LogP contribution in [0, 0.1) is 0 Å². The number of benzene rings is 2. The largest absolute Gasteiger partial charge is 0.377 e. The molecular formula is C18H18N4O3. The number of hydroxylamine groups is 1. The van der Waals surface area contributed by atoms with Crippen LogP contribution in [0.1, 0.15) is 32.7 Å². The molecule has 0 aromatic heterocycles. The van der Waals surface area contributed by atoms with Gasteiger partial charge in [-0.05, 0) is 48.7 Å². The molecule has 1 aliphatic heterocycles. The number of fused-ring (bicyclic) bond motifs is 1. The van der Waals surface area contributed by atoms with E-state index in [1.54, 1.807) is 6.21 Å². The third-order valence-corrected chi connectivity index (χ3v) is 4.01. The summed E-state index contributed by atoms with van der Waals surface area (Å²) in [5, 5.41) is 15.9. The Morgan fingerprint density at radius 1 is 1.08 bits per heavy atom. The Morgan fingerprint density at radius 2 is 1.76 bits per heavy atom. The topological polar surface area (TPSA) is 103 Å². The molecule has 0 fully saturated rings. The van der Waals surface area contributed by atoms with Crippen molar-refractivity contribution in [1.82, 2.24) is 10.9 Å². The van der Waals surface area contributed by atoms with Crippen molar-refractivity contribution in [3.8, 4) is 0 Å². The number of para-hydroxylation sites is 1. The average Bonchev–Trinajstić information content (AvgIpc) is 2.67. The highest BCUT2D eigenvalue weighted by Crippen LogP contribution is 2.23. The molecule has 4 N–H and O–H groups in total. The number of amides is 2. The summed E-state index contributed by atoms with van der Waals surface area (Å²) in [5.41, 5.74) is 7.01. The Hall–Kier alpha value is -3.19. The van der Waals surface area contributed by atoms with E-state index in [-0.39, 0.29) is 17.5 Å². The number of hydrogen-bond acceptors (Lipinski definition) is 5. The molecule has 2 aromatic rings. The van der Waals surface area contributed by atoms with Gasteiger partial charge in [0, 0.05) is 23.0 Å². The van der Waals surface area contributed by atoms with Gasteiger partial charge in [-0.1, -0.05) is 18.2 Å². The first-order chi connectivity index (χ1) is 12.2. The molecule has 1 atom stereocenters. The predicted octanol–water partition coefficient (Wildman–Crippen LogP) is 1.95. The van der Waals surface area contributed by atoms with E-state index in [1.807, 2.05) is 18.2 Å². The van der Waals surface area contributed by atoms with Crippen LogP contribution < -0.4 is 16.2 Å². The van der Waals surface area contributed by atoms with Gasteiger partial charge in [-0.15, -0.1) is 0 Å². The third-order valence-electron chi connectivity index (χ3n) is 4.01. The van der Waals surface area contributed by atoms with E-state index in [0.717, 1.165) is 18.5 Å². The van der Waals surface area contributed by atoms with Crippen LogP contribution >= 0.6 is 0 Å². The zero-order chi connectivity index (χ0) is 17.6. The lowest BCUT2D eigenvalue weighted by Crippen LogP contribution is -2.28. The standard InChI is InChI=1S/C18H18N4O3/c23-17(13-5-7-14(8-6-13)18(24)22-25)21-19-11-15-10-9-12-3-1-2-4-16(12)20-15/h1-8,11,15,20,25H,9-10H2,(H,21,23)(H,22,24)/b19-11+. The smallest absolute Gasteiger partial charge is 0.274 e. The second-order valence-corrected chi connectivity index (χ2v) is 5.68. The number of hydrazone groups is 1. The van der Waals surface area contributed by atoms with Crippen molar-refractivity contribution in [2.24, 2.45) is 5.10 Å². The van der Waals surface area contributed by atoms with E-state index in [0.29, 0.717) is 5.56 Å². The first kappa shape index (κ1) is 16.7. The second kappa shape index (κ2) is 7.59. The molecule has 0 radical (unpaired) electrons. The molecule has 1 aliphatic rings. The normalized spacial score (nSPS) is 16.0. The van der Waals surface area contributed by atoms with Crippen molar-refractivity contribution in [2.75, 3.05) is 5.32 Å². The predicted molar refractivity (Wildman–Crippen MR) is 93.8 cm³/mol. The van der Waals surface area contributed by atoms with Crippen LogP contribution in [0.3, 0.4) is 0 Å². The summed E-state index contributed by atoms with van der Waals surface area (Å²) in [6.45, 7) is 0. The molecule has 0 bridgehead atoms. The lowest BCUT2D eigenvalue weighted by molar-refractivity contribution is 0.0706. The molecule has 0 saturated carbocycles. The number of aryl methyl sites for hydroxylation is 1. The molecule has 0 spiro atoms. The van der Waals surface area contributed by atoms with Gasteiger partial charge in [0.25, 0.3) is 11.8 Å². The first-order valence-corrected chi connectivity index (χ1v) is 7.90. The van der Waals surface area contributed by atoms with Gasteiger partial charge in [-0.2, -0.15) is 5.10 Å². The van der Waals surface area contributed by atoms with Gasteiger partial charge < -0.3 is 5.32 Å². The van der Waals surface area contributed by atoms with E-state index in [1.165, 1.54) is 35.3 Å². The maximum atomic E-state index is 12.0. The zero-order valence-corrected chi connectivity index (χ0v) is 13.4. The second-order valence-electron chi connectivity index (χ2n) is 5.68. The number of hydrogen-bond donors (Lipinski definition) is 4. The maximum absolute atomic E-state index is 12.0. The molecule has 3 rings (SSSR count). The molecule has 25 heavy (non-hydrogen) atoms. The molecule has 7 heteroatoms. The highest BCUT2D eigenvalue weighted by Gasteiger charge is 2.15. The summed E-state index contributed by atoms with van der Waals surface area (Å²) in [7, 11) is 0. The van der Waals surface area contributed by atoms with Gasteiger partial charge in [0.1, 0.15) is 0 Å². The fourth-order valence-corrected chi connectivity index (χ4v) is 2.66. The van der Waals surface area contributed by atoms with Crippen LogP contribution in [0.25, 0.3) is 0 Å². The highest BCUT2D eigenvalue weighted by atomic mass is 16.5. The minimum atomic E-state index is -0.631. The minimum absolute atomic E-state index is 0.0610. The molecule has 2 aromatic carbocycles. The number of nitrogens with zero attached hydrogens (tertiary/aromatic N) is 1. The van der Waals surface area contributed by atoms with Crippen LogP contribution in [0.4, 0.5) is 5.69 Å². The lowest BCUT2D eigenvalue weighted by Gasteiger charge is -2.23. The first-order valence-electron chi connectivity index (χ1n) is 7.90. The fraction of sp³-hybridized carbons (Fsp3) is 0.167. The fourth-order valence-electron chi connectivity index (χ4n) is 2.66. The van der Waals surface area contributed by atoms with Crippen molar-refractivity contribution in [1.29, 1.82) is 0 Å². The Balaban J connectivity index is 1.55. The summed E-state index contributed by atoms with van der Waals surface area (Å²) in [5.74, 6) is -1.00. The summed E-state index contributed by atoms with van der Waals surface area (Å²) in [4.78, 5) is 23.3. The average molecular weight is 338 g/mol. The van der Waals surface area contributed by atoms with Crippen LogP contribution in [-0.2, 0) is 6.42 Å². The highest BCUT2D eigenvalue weighted by molar-refractivity contribution is 5.97. The van der Waals surface area contributed by atoms with E-state index in [2.05, 4.69) is 21.9 Å². The lowest BCUT2D eigenvalue weighted by atomic mass is 9.99. The Morgan fingerprint density at radius 3 is 2.48 bits per heavy atom. The minimum Gasteiger partial charge on any atom is -0.377 e. The molecule has 7 nitrogen and oxygen atoms in total. The van der Waals surface area contributed by atoms with E-state index < -0.39 is 5.91 Å². The molecule has 0 aliphatic carbocycles. The Kier molecular flexibility index (Phi) is 5.06. The number of carbonyl (C=O) groups excluding carboxylic acids is 2. The molecule has 128 valence electrons. The van der Waals surface area contributed by atoms with Gasteiger partial charge in [-0.3, -0.25) is 14.8 Å². The molecule has 1 unspecified atom stereocenters. The van der Waals surface area contributed by atoms with Crippen LogP contribution in [0.2, 0.25) is 0 Å². The Labute approximate surface area is 144 Å². The van der Waals surface area contributed by atoms with Crippen LogP contribution in [-0.4, -0.2) is 29.3 Å². The Bertz CT molecular complexity index is 802. The van der Waals surface area contributed by atoms with Crippen molar-refractivity contribution >= 4 is 23.7 Å². The van der Waals surface area contributed by atoms with E-state index >= 15 is 0 Å². The van der Waals surface area contributed by atoms with Crippen molar-refractivity contribution in [3.63, 3.8) is 0 Å². The summed E-state index contributed by atoms with van der Waals surface area (Å²) >= 11 is 0. The molecule has 0 saturated heterocycles. The quantitative estimate of drug-likeness (QED) is 0.389. The summed E-state index contributed by atoms with van der Waals surface area (Å²) in [6, 6.07) is 14.1. The van der Waals surface area contributed by atoms with Gasteiger partial charge in [0.05, 0.1) is 6.04 Å².